The van der Waals surface area contributed by atoms with E-state index in [-0.39, 0.29) is 12.1 Å². The van der Waals surface area contributed by atoms with E-state index in [9.17, 15) is 14.7 Å². The van der Waals surface area contributed by atoms with E-state index >= 15 is 0 Å². The Labute approximate surface area is 155 Å². The number of carbonyl (C=O) groups excluding carboxylic acids is 1. The van der Waals surface area contributed by atoms with Crippen LogP contribution in [0.3, 0.4) is 0 Å². The van der Waals surface area contributed by atoms with Gasteiger partial charge in [-0.3, -0.25) is 9.48 Å². The van der Waals surface area contributed by atoms with Crippen molar-refractivity contribution < 1.29 is 19.2 Å². The van der Waals surface area contributed by atoms with Gasteiger partial charge in [-0.05, 0) is 24.5 Å². The van der Waals surface area contributed by atoms with Crippen LogP contribution >= 0.6 is 0 Å². The molecule has 3 rings (SSSR count). The fourth-order valence-electron chi connectivity index (χ4n) is 2.88. The molecule has 8 heteroatoms. The Morgan fingerprint density at radius 2 is 2.04 bits per heavy atom. The Hall–Kier alpha value is -3.42. The number of aromatic nitrogens is 3. The normalized spacial score (nSPS) is 13.1. The number of benzene rings is 1. The largest absolute Gasteiger partial charge is 0.479 e. The number of aliphatic carboxylic acids is 1. The average molecular weight is 368 g/mol. The summed E-state index contributed by atoms with van der Waals surface area (Å²) in [6.45, 7) is 3.95. The smallest absolute Gasteiger partial charge is 0.334 e. The Morgan fingerprint density at radius 1 is 1.30 bits per heavy atom. The van der Waals surface area contributed by atoms with Gasteiger partial charge in [-0.1, -0.05) is 42.4 Å². The number of hydrogen-bond donors (Lipinski definition) is 2. The molecule has 2 N–H and O–H groups in total. The molecule has 140 valence electrons. The van der Waals surface area contributed by atoms with Crippen LogP contribution in [0.4, 0.5) is 0 Å². The van der Waals surface area contributed by atoms with Crippen LogP contribution < -0.4 is 5.32 Å². The highest BCUT2D eigenvalue weighted by Gasteiger charge is 2.40. The molecule has 1 atom stereocenters. The molecule has 2 aromatic heterocycles. The van der Waals surface area contributed by atoms with Crippen LogP contribution in [0.15, 0.2) is 53.3 Å². The van der Waals surface area contributed by atoms with Crippen LogP contribution in [0.1, 0.15) is 40.7 Å². The third-order valence-electron chi connectivity index (χ3n) is 4.36. The van der Waals surface area contributed by atoms with Gasteiger partial charge < -0.3 is 14.9 Å². The summed E-state index contributed by atoms with van der Waals surface area (Å²) in [5.74, 6) is -1.31. The summed E-state index contributed by atoms with van der Waals surface area (Å²) in [6.07, 6.45) is 3.73. The van der Waals surface area contributed by atoms with Crippen LogP contribution in [0.5, 0.6) is 0 Å². The Morgan fingerprint density at radius 3 is 2.63 bits per heavy atom. The first-order chi connectivity index (χ1) is 12.9. The monoisotopic (exact) mass is 368 g/mol. The third-order valence-corrected chi connectivity index (χ3v) is 4.36. The number of carbonyl (C=O) groups is 2. The predicted molar refractivity (Wildman–Crippen MR) is 96.1 cm³/mol. The number of rotatable bonds is 7. The van der Waals surface area contributed by atoms with Gasteiger partial charge in [0.25, 0.3) is 5.91 Å². The SMILES string of the molecule is CCC(NC(=O)c1cc(Cn2cc(C)cn2)on1)(C(=O)O)c1ccccc1. The highest BCUT2D eigenvalue weighted by Crippen LogP contribution is 2.26. The summed E-state index contributed by atoms with van der Waals surface area (Å²) in [5, 5.41) is 20.3. The molecule has 0 spiro atoms. The molecule has 8 nitrogen and oxygen atoms in total. The first kappa shape index (κ1) is 18.4. The van der Waals surface area contributed by atoms with Gasteiger partial charge in [-0.15, -0.1) is 0 Å². The van der Waals surface area contributed by atoms with Gasteiger partial charge in [0.05, 0.1) is 6.20 Å². The zero-order valence-electron chi connectivity index (χ0n) is 15.0. The number of aryl methyl sites for hydroxylation is 1. The molecule has 1 amide bonds. The maximum Gasteiger partial charge on any atom is 0.334 e. The molecular formula is C19H20N4O4. The van der Waals surface area contributed by atoms with E-state index in [0.717, 1.165) is 5.56 Å². The van der Waals surface area contributed by atoms with Gasteiger partial charge in [-0.25, -0.2) is 4.79 Å². The van der Waals surface area contributed by atoms with Crippen LogP contribution in [0, 0.1) is 6.92 Å². The Kier molecular flexibility index (Phi) is 5.07. The molecule has 0 saturated heterocycles. The zero-order chi connectivity index (χ0) is 19.4. The quantitative estimate of drug-likeness (QED) is 0.662. The fourth-order valence-corrected chi connectivity index (χ4v) is 2.88. The van der Waals surface area contributed by atoms with Crippen molar-refractivity contribution in [2.75, 3.05) is 0 Å². The molecule has 1 unspecified atom stereocenters. The van der Waals surface area contributed by atoms with Gasteiger partial charge in [0.1, 0.15) is 6.54 Å². The zero-order valence-corrected chi connectivity index (χ0v) is 15.0. The maximum atomic E-state index is 12.6. The van der Waals surface area contributed by atoms with Crippen LogP contribution in [0.25, 0.3) is 0 Å². The van der Waals surface area contributed by atoms with Crippen molar-refractivity contribution in [3.63, 3.8) is 0 Å². The van der Waals surface area contributed by atoms with E-state index in [4.69, 9.17) is 4.52 Å². The van der Waals surface area contributed by atoms with E-state index in [1.54, 1.807) is 48.1 Å². The Balaban J connectivity index is 1.81. The van der Waals surface area contributed by atoms with Gasteiger partial charge >= 0.3 is 5.97 Å². The van der Waals surface area contributed by atoms with Crippen molar-refractivity contribution in [3.8, 4) is 0 Å². The molecule has 0 aliphatic rings. The second-order valence-electron chi connectivity index (χ2n) is 6.28. The highest BCUT2D eigenvalue weighted by molar-refractivity contribution is 5.96. The van der Waals surface area contributed by atoms with Crippen LogP contribution in [0.2, 0.25) is 0 Å². The summed E-state index contributed by atoms with van der Waals surface area (Å²) in [6, 6.07) is 10.1. The number of carboxylic acid groups (broad SMARTS) is 1. The molecule has 0 bridgehead atoms. The van der Waals surface area contributed by atoms with E-state index in [2.05, 4.69) is 15.6 Å². The molecule has 0 saturated carbocycles. The Bertz CT molecular complexity index is 948. The van der Waals surface area contributed by atoms with Crippen LogP contribution in [-0.4, -0.2) is 31.9 Å². The number of amides is 1. The predicted octanol–water partition coefficient (Wildman–Crippen LogP) is 2.35. The number of nitrogens with zero attached hydrogens (tertiary/aromatic N) is 3. The van der Waals surface area contributed by atoms with Gasteiger partial charge in [-0.2, -0.15) is 5.10 Å². The molecule has 0 radical (unpaired) electrons. The van der Waals surface area contributed by atoms with E-state index in [1.165, 1.54) is 6.07 Å². The van der Waals surface area contributed by atoms with Gasteiger partial charge in [0.15, 0.2) is 17.0 Å². The summed E-state index contributed by atoms with van der Waals surface area (Å²) in [5.41, 5.74) is -0.0335. The second-order valence-corrected chi connectivity index (χ2v) is 6.28. The summed E-state index contributed by atoms with van der Waals surface area (Å²) in [4.78, 5) is 24.6. The van der Waals surface area contributed by atoms with E-state index in [1.807, 2.05) is 13.1 Å². The van der Waals surface area contributed by atoms with Crippen molar-refractivity contribution in [1.29, 1.82) is 0 Å². The molecule has 1 aromatic carbocycles. The molecule has 2 heterocycles. The summed E-state index contributed by atoms with van der Waals surface area (Å²) < 4.78 is 6.86. The van der Waals surface area contributed by atoms with Crippen molar-refractivity contribution in [1.82, 2.24) is 20.3 Å². The van der Waals surface area contributed by atoms with Crippen molar-refractivity contribution in [2.45, 2.75) is 32.4 Å². The van der Waals surface area contributed by atoms with Crippen molar-refractivity contribution in [2.24, 2.45) is 0 Å². The summed E-state index contributed by atoms with van der Waals surface area (Å²) >= 11 is 0. The average Bonchev–Trinajstić information content (AvgIpc) is 3.29. The molecule has 3 aromatic rings. The van der Waals surface area contributed by atoms with Crippen LogP contribution in [-0.2, 0) is 16.9 Å². The highest BCUT2D eigenvalue weighted by atomic mass is 16.5. The van der Waals surface area contributed by atoms with Gasteiger partial charge in [0.2, 0.25) is 0 Å². The molecule has 0 aliphatic heterocycles. The van der Waals surface area contributed by atoms with Gasteiger partial charge in [0, 0.05) is 12.3 Å². The number of hydrogen-bond acceptors (Lipinski definition) is 5. The lowest BCUT2D eigenvalue weighted by molar-refractivity contribution is -0.145. The third kappa shape index (κ3) is 3.74. The first-order valence-electron chi connectivity index (χ1n) is 8.50. The lowest BCUT2D eigenvalue weighted by atomic mass is 9.87. The van der Waals surface area contributed by atoms with E-state index < -0.39 is 17.4 Å². The number of nitrogens with one attached hydrogen (secondary N) is 1. The van der Waals surface area contributed by atoms with E-state index in [0.29, 0.717) is 17.9 Å². The molecule has 0 aliphatic carbocycles. The summed E-state index contributed by atoms with van der Waals surface area (Å²) in [7, 11) is 0. The molecule has 0 fully saturated rings. The standard InChI is InChI=1S/C19H20N4O4/c1-3-19(18(25)26,14-7-5-4-6-8-14)21-17(24)16-9-15(27-22-16)12-23-11-13(2)10-20-23/h4-11H,3,12H2,1-2H3,(H,21,24)(H,25,26). The molecular weight excluding hydrogens is 348 g/mol. The maximum absolute atomic E-state index is 12.6. The topological polar surface area (TPSA) is 110 Å². The molecule has 27 heavy (non-hydrogen) atoms. The second kappa shape index (κ2) is 7.45. The first-order valence-corrected chi connectivity index (χ1v) is 8.50. The lowest BCUT2D eigenvalue weighted by Gasteiger charge is -2.29. The van der Waals surface area contributed by atoms with Crippen molar-refractivity contribution in [3.05, 3.63) is 71.4 Å². The minimum Gasteiger partial charge on any atom is -0.479 e. The minimum atomic E-state index is -1.55. The fraction of sp³-hybridized carbons (Fsp3) is 0.263. The lowest BCUT2D eigenvalue weighted by Crippen LogP contribution is -2.51. The van der Waals surface area contributed by atoms with Crippen molar-refractivity contribution >= 4 is 11.9 Å². The minimum absolute atomic E-state index is 0.0175. The number of carboxylic acids is 1.